The molecule has 0 unspecified atom stereocenters. The molecule has 0 aromatic carbocycles. The van der Waals surface area contributed by atoms with E-state index in [1.807, 2.05) is 18.5 Å². The normalized spacial score (nSPS) is 10.7. The number of aryl methyl sites for hydroxylation is 1. The molecule has 0 aliphatic rings. The largest absolute Gasteiger partial charge is 0.383 e. The third-order valence-corrected chi connectivity index (χ3v) is 2.95. The van der Waals surface area contributed by atoms with Gasteiger partial charge in [-0.15, -0.1) is 0 Å². The van der Waals surface area contributed by atoms with Gasteiger partial charge in [-0.2, -0.15) is 5.10 Å². The van der Waals surface area contributed by atoms with E-state index in [0.29, 0.717) is 6.61 Å². The lowest BCUT2D eigenvalue weighted by Gasteiger charge is -2.02. The van der Waals surface area contributed by atoms with E-state index in [1.165, 1.54) is 0 Å². The van der Waals surface area contributed by atoms with E-state index in [9.17, 15) is 0 Å². The van der Waals surface area contributed by atoms with Crippen LogP contribution in [0.5, 0.6) is 0 Å². The van der Waals surface area contributed by atoms with Gasteiger partial charge in [-0.05, 0) is 29.8 Å². The van der Waals surface area contributed by atoms with Crippen LogP contribution in [0, 0.1) is 13.8 Å². The van der Waals surface area contributed by atoms with Crippen LogP contribution < -0.4 is 0 Å². The molecule has 1 heterocycles. The first-order chi connectivity index (χ1) is 5.66. The molecule has 0 N–H and O–H groups in total. The van der Waals surface area contributed by atoms with Crippen LogP contribution >= 0.6 is 15.9 Å². The van der Waals surface area contributed by atoms with Gasteiger partial charge in [0.2, 0.25) is 0 Å². The number of hydrogen-bond donors (Lipinski definition) is 0. The summed E-state index contributed by atoms with van der Waals surface area (Å²) in [7, 11) is 1.70. The maximum atomic E-state index is 4.97. The fraction of sp³-hybridized carbons (Fsp3) is 0.625. The summed E-state index contributed by atoms with van der Waals surface area (Å²) < 4.78 is 8.02. The smallest absolute Gasteiger partial charge is 0.0738 e. The van der Waals surface area contributed by atoms with Gasteiger partial charge in [-0.25, -0.2) is 0 Å². The fourth-order valence-corrected chi connectivity index (χ4v) is 1.35. The average molecular weight is 233 g/mol. The molecule has 0 amide bonds. The second-order valence-corrected chi connectivity index (χ2v) is 3.49. The molecule has 0 aliphatic carbocycles. The van der Waals surface area contributed by atoms with Crippen LogP contribution in [0.4, 0.5) is 0 Å². The van der Waals surface area contributed by atoms with E-state index in [4.69, 9.17) is 4.74 Å². The Bertz CT molecular complexity index is 270. The monoisotopic (exact) mass is 232 g/mol. The SMILES string of the molecule is COCCn1nc(C)c(Br)c1C. The van der Waals surface area contributed by atoms with Crippen molar-refractivity contribution in [2.45, 2.75) is 20.4 Å². The van der Waals surface area contributed by atoms with Gasteiger partial charge in [-0.3, -0.25) is 4.68 Å². The molecule has 0 atom stereocenters. The van der Waals surface area contributed by atoms with Gasteiger partial charge in [0.25, 0.3) is 0 Å². The standard InChI is InChI=1S/C8H13BrN2O/c1-6-8(9)7(2)11(10-6)4-5-12-3/h4-5H2,1-3H3. The van der Waals surface area contributed by atoms with Gasteiger partial charge in [-0.1, -0.05) is 0 Å². The number of nitrogens with zero attached hydrogens (tertiary/aromatic N) is 2. The number of ether oxygens (including phenoxy) is 1. The molecule has 0 spiro atoms. The van der Waals surface area contributed by atoms with Crippen molar-refractivity contribution < 1.29 is 4.74 Å². The molecule has 0 saturated heterocycles. The van der Waals surface area contributed by atoms with E-state index in [0.717, 1.165) is 22.4 Å². The number of aromatic nitrogens is 2. The van der Waals surface area contributed by atoms with E-state index in [2.05, 4.69) is 21.0 Å². The topological polar surface area (TPSA) is 27.1 Å². The first-order valence-corrected chi connectivity index (χ1v) is 4.64. The maximum absolute atomic E-state index is 4.97. The Balaban J connectivity index is 2.79. The van der Waals surface area contributed by atoms with Crippen molar-refractivity contribution in [3.63, 3.8) is 0 Å². The highest BCUT2D eigenvalue weighted by molar-refractivity contribution is 9.10. The summed E-state index contributed by atoms with van der Waals surface area (Å²) in [6.07, 6.45) is 0. The number of rotatable bonds is 3. The molecular weight excluding hydrogens is 220 g/mol. The van der Waals surface area contributed by atoms with E-state index >= 15 is 0 Å². The summed E-state index contributed by atoms with van der Waals surface area (Å²) in [6.45, 7) is 5.54. The molecule has 0 fully saturated rings. The molecule has 3 nitrogen and oxygen atoms in total. The predicted molar refractivity (Wildman–Crippen MR) is 51.3 cm³/mol. The van der Waals surface area contributed by atoms with Gasteiger partial charge in [0.15, 0.2) is 0 Å². The predicted octanol–water partition coefficient (Wildman–Crippen LogP) is 1.91. The summed E-state index contributed by atoms with van der Waals surface area (Å²) in [5, 5.41) is 4.34. The minimum atomic E-state index is 0.703. The Kier molecular flexibility index (Phi) is 3.29. The van der Waals surface area contributed by atoms with Gasteiger partial charge < -0.3 is 4.74 Å². The molecular formula is C8H13BrN2O. The summed E-state index contributed by atoms with van der Waals surface area (Å²) in [4.78, 5) is 0. The Hall–Kier alpha value is -0.350. The number of hydrogen-bond acceptors (Lipinski definition) is 2. The van der Waals surface area contributed by atoms with Gasteiger partial charge >= 0.3 is 0 Å². The van der Waals surface area contributed by atoms with E-state index in [1.54, 1.807) is 7.11 Å². The first-order valence-electron chi connectivity index (χ1n) is 3.85. The van der Waals surface area contributed by atoms with Crippen LogP contribution in [-0.4, -0.2) is 23.5 Å². The number of methoxy groups -OCH3 is 1. The molecule has 0 bridgehead atoms. The van der Waals surface area contributed by atoms with Crippen molar-refractivity contribution in [1.82, 2.24) is 9.78 Å². The summed E-state index contributed by atoms with van der Waals surface area (Å²) in [5.41, 5.74) is 2.19. The maximum Gasteiger partial charge on any atom is 0.0738 e. The highest BCUT2D eigenvalue weighted by atomic mass is 79.9. The Labute approximate surface area is 80.8 Å². The average Bonchev–Trinajstić information content (AvgIpc) is 2.30. The Morgan fingerprint density at radius 3 is 2.58 bits per heavy atom. The van der Waals surface area contributed by atoms with Crippen molar-refractivity contribution in [2.24, 2.45) is 0 Å². The summed E-state index contributed by atoms with van der Waals surface area (Å²) in [6, 6.07) is 0. The first kappa shape index (κ1) is 9.74. The fourth-order valence-electron chi connectivity index (χ4n) is 1.07. The molecule has 4 heteroatoms. The molecule has 68 valence electrons. The van der Waals surface area contributed by atoms with Crippen molar-refractivity contribution in [3.8, 4) is 0 Å². The minimum absolute atomic E-state index is 0.703. The quantitative estimate of drug-likeness (QED) is 0.797. The van der Waals surface area contributed by atoms with Crippen LogP contribution in [0.3, 0.4) is 0 Å². The second kappa shape index (κ2) is 4.05. The van der Waals surface area contributed by atoms with E-state index < -0.39 is 0 Å². The zero-order valence-corrected chi connectivity index (χ0v) is 9.18. The molecule has 12 heavy (non-hydrogen) atoms. The molecule has 1 rings (SSSR count). The molecule has 0 aliphatic heterocycles. The van der Waals surface area contributed by atoms with Crippen LogP contribution in [0.2, 0.25) is 0 Å². The zero-order chi connectivity index (χ0) is 9.14. The zero-order valence-electron chi connectivity index (χ0n) is 7.59. The van der Waals surface area contributed by atoms with Gasteiger partial charge in [0.1, 0.15) is 0 Å². The Morgan fingerprint density at radius 2 is 2.17 bits per heavy atom. The van der Waals surface area contributed by atoms with Gasteiger partial charge in [0.05, 0.1) is 23.3 Å². The van der Waals surface area contributed by atoms with Crippen LogP contribution in [-0.2, 0) is 11.3 Å². The lowest BCUT2D eigenvalue weighted by atomic mass is 10.4. The van der Waals surface area contributed by atoms with Crippen molar-refractivity contribution in [2.75, 3.05) is 13.7 Å². The van der Waals surface area contributed by atoms with Crippen LogP contribution in [0.25, 0.3) is 0 Å². The lowest BCUT2D eigenvalue weighted by Crippen LogP contribution is -2.07. The molecule has 0 saturated carbocycles. The van der Waals surface area contributed by atoms with Crippen LogP contribution in [0.15, 0.2) is 4.47 Å². The highest BCUT2D eigenvalue weighted by Gasteiger charge is 2.07. The molecule has 1 aromatic heterocycles. The number of halogens is 1. The van der Waals surface area contributed by atoms with Crippen LogP contribution in [0.1, 0.15) is 11.4 Å². The molecule has 1 aromatic rings. The third-order valence-electron chi connectivity index (χ3n) is 1.80. The summed E-state index contributed by atoms with van der Waals surface area (Å²) >= 11 is 3.47. The summed E-state index contributed by atoms with van der Waals surface area (Å²) in [5.74, 6) is 0. The third kappa shape index (κ3) is 1.87. The highest BCUT2D eigenvalue weighted by Crippen LogP contribution is 2.19. The second-order valence-electron chi connectivity index (χ2n) is 2.70. The van der Waals surface area contributed by atoms with E-state index in [-0.39, 0.29) is 0 Å². The molecule has 0 radical (unpaired) electrons. The van der Waals surface area contributed by atoms with Crippen molar-refractivity contribution >= 4 is 15.9 Å². The van der Waals surface area contributed by atoms with Crippen molar-refractivity contribution in [1.29, 1.82) is 0 Å². The Morgan fingerprint density at radius 1 is 1.50 bits per heavy atom. The van der Waals surface area contributed by atoms with Gasteiger partial charge in [0, 0.05) is 12.8 Å². The van der Waals surface area contributed by atoms with Crippen molar-refractivity contribution in [3.05, 3.63) is 15.9 Å². The minimum Gasteiger partial charge on any atom is -0.383 e. The lowest BCUT2D eigenvalue weighted by molar-refractivity contribution is 0.182.